The summed E-state index contributed by atoms with van der Waals surface area (Å²) in [7, 11) is 1.87. The summed E-state index contributed by atoms with van der Waals surface area (Å²) in [4.78, 5) is 45.8. The van der Waals surface area contributed by atoms with Gasteiger partial charge in [0.25, 0.3) is 5.56 Å². The molecule has 0 radical (unpaired) electrons. The molecular weight excluding hydrogens is 462 g/mol. The van der Waals surface area contributed by atoms with Crippen molar-refractivity contribution in [2.24, 2.45) is 7.05 Å². The molecule has 0 spiro atoms. The van der Waals surface area contributed by atoms with E-state index in [4.69, 9.17) is 11.6 Å². The maximum absolute atomic E-state index is 13.2. The summed E-state index contributed by atoms with van der Waals surface area (Å²) in [5.41, 5.74) is -0.721. The Kier molecular flexibility index (Phi) is 6.41. The number of H-pyrrole nitrogens is 1. The summed E-state index contributed by atoms with van der Waals surface area (Å²) in [5, 5.41) is 22.2. The van der Waals surface area contributed by atoms with E-state index in [1.807, 2.05) is 17.7 Å². The average Bonchev–Trinajstić information content (AvgIpc) is 2.99. The van der Waals surface area contributed by atoms with Gasteiger partial charge in [-0.15, -0.1) is 0 Å². The highest BCUT2D eigenvalue weighted by atomic mass is 35.5. The number of amides is 1. The number of nitrogens with one attached hydrogen (secondary N) is 1. The predicted octanol–water partition coefficient (Wildman–Crippen LogP) is 0.903. The Morgan fingerprint density at radius 3 is 2.79 bits per heavy atom. The van der Waals surface area contributed by atoms with Gasteiger partial charge in [-0.3, -0.25) is 19.1 Å². The van der Waals surface area contributed by atoms with Crippen LogP contribution in [0.1, 0.15) is 37.2 Å². The summed E-state index contributed by atoms with van der Waals surface area (Å²) < 4.78 is 3.15. The molecule has 3 atom stereocenters. The van der Waals surface area contributed by atoms with Gasteiger partial charge in [0.1, 0.15) is 5.82 Å². The van der Waals surface area contributed by atoms with Gasteiger partial charge in [0, 0.05) is 56.2 Å². The van der Waals surface area contributed by atoms with Gasteiger partial charge in [-0.1, -0.05) is 11.6 Å². The van der Waals surface area contributed by atoms with Gasteiger partial charge in [-0.25, -0.2) is 9.78 Å². The molecule has 1 aliphatic rings. The minimum atomic E-state index is -1.49. The molecule has 11 heteroatoms. The number of aliphatic hydroxyl groups is 2. The highest BCUT2D eigenvalue weighted by Gasteiger charge is 2.41. The molecule has 10 nitrogen and oxygen atoms in total. The summed E-state index contributed by atoms with van der Waals surface area (Å²) >= 11 is 6.06. The minimum Gasteiger partial charge on any atom is -0.391 e. The molecule has 182 valence electrons. The molecule has 1 fully saturated rings. The number of aromatic nitrogens is 4. The van der Waals surface area contributed by atoms with Gasteiger partial charge in [-0.05, 0) is 32.0 Å². The van der Waals surface area contributed by atoms with E-state index in [-0.39, 0.29) is 31.8 Å². The first-order valence-corrected chi connectivity index (χ1v) is 11.4. The van der Waals surface area contributed by atoms with Gasteiger partial charge in [0.15, 0.2) is 0 Å². The lowest BCUT2D eigenvalue weighted by Crippen LogP contribution is -2.47. The molecule has 0 bridgehead atoms. The lowest BCUT2D eigenvalue weighted by atomic mass is 9.91. The fraction of sp³-hybridized carbons (Fsp3) is 0.478. The smallest absolute Gasteiger partial charge is 0.328 e. The third kappa shape index (κ3) is 4.66. The Labute approximate surface area is 200 Å². The fourth-order valence-electron chi connectivity index (χ4n) is 4.64. The number of aryl methyl sites for hydroxylation is 3. The SMILES string of the molecule is Cc1cn([C@H]2CN(C(=O)CCc3nc4cc(Cl)ccc4n3C)C[C@H](O)C[C@]2(C)O)c(=O)[nH]c1=O. The number of carbonyl (C=O) groups excluding carboxylic acids is 1. The van der Waals surface area contributed by atoms with Crippen molar-refractivity contribution in [2.75, 3.05) is 13.1 Å². The number of imidazole rings is 1. The second-order valence-electron chi connectivity index (χ2n) is 9.23. The zero-order chi connectivity index (χ0) is 24.8. The van der Waals surface area contributed by atoms with Crippen molar-refractivity contribution >= 4 is 28.5 Å². The van der Waals surface area contributed by atoms with Gasteiger partial charge >= 0.3 is 5.69 Å². The van der Waals surface area contributed by atoms with Crippen LogP contribution in [-0.2, 0) is 18.3 Å². The van der Waals surface area contributed by atoms with E-state index in [2.05, 4.69) is 9.97 Å². The quantitative estimate of drug-likeness (QED) is 0.498. The summed E-state index contributed by atoms with van der Waals surface area (Å²) in [5.74, 6) is 0.484. The molecule has 0 unspecified atom stereocenters. The largest absolute Gasteiger partial charge is 0.391 e. The van der Waals surface area contributed by atoms with Crippen molar-refractivity contribution < 1.29 is 15.0 Å². The summed E-state index contributed by atoms with van der Waals surface area (Å²) in [6.45, 7) is 3.11. The predicted molar refractivity (Wildman–Crippen MR) is 127 cm³/mol. The Morgan fingerprint density at radius 2 is 2.06 bits per heavy atom. The Bertz CT molecular complexity index is 1360. The molecule has 3 heterocycles. The average molecular weight is 490 g/mol. The topological polar surface area (TPSA) is 133 Å². The van der Waals surface area contributed by atoms with Crippen molar-refractivity contribution in [1.82, 2.24) is 24.0 Å². The van der Waals surface area contributed by atoms with Crippen LogP contribution in [0.4, 0.5) is 0 Å². The Morgan fingerprint density at radius 1 is 1.32 bits per heavy atom. The van der Waals surface area contributed by atoms with Crippen molar-refractivity contribution in [2.45, 2.75) is 50.9 Å². The molecule has 1 saturated heterocycles. The van der Waals surface area contributed by atoms with Crippen LogP contribution in [-0.4, -0.2) is 64.9 Å². The van der Waals surface area contributed by atoms with E-state index in [0.29, 0.717) is 17.0 Å². The number of aliphatic hydroxyl groups excluding tert-OH is 1. The Balaban J connectivity index is 1.58. The van der Waals surface area contributed by atoms with Gasteiger partial charge < -0.3 is 19.7 Å². The molecule has 1 aliphatic heterocycles. The second-order valence-corrected chi connectivity index (χ2v) is 9.66. The van der Waals surface area contributed by atoms with Crippen LogP contribution in [0, 0.1) is 6.92 Å². The molecule has 3 aromatic rings. The number of nitrogens with zero attached hydrogens (tertiary/aromatic N) is 4. The number of β-amino-alcohol motifs (C(OH)–C–C–N with tert-alkyl or cyclic N) is 1. The highest BCUT2D eigenvalue weighted by Crippen LogP contribution is 2.31. The number of hydrogen-bond donors (Lipinski definition) is 3. The van der Waals surface area contributed by atoms with E-state index in [1.165, 1.54) is 22.6 Å². The van der Waals surface area contributed by atoms with E-state index >= 15 is 0 Å². The van der Waals surface area contributed by atoms with Gasteiger partial charge in [-0.2, -0.15) is 0 Å². The van der Waals surface area contributed by atoms with Crippen LogP contribution < -0.4 is 11.2 Å². The zero-order valence-electron chi connectivity index (χ0n) is 19.3. The van der Waals surface area contributed by atoms with E-state index in [1.54, 1.807) is 19.1 Å². The minimum absolute atomic E-state index is 0.00638. The van der Waals surface area contributed by atoms with Crippen LogP contribution in [0.15, 0.2) is 34.0 Å². The molecular formula is C23H28ClN5O5. The number of likely N-dealkylation sites (tertiary alicyclic amines) is 1. The molecule has 34 heavy (non-hydrogen) atoms. The lowest BCUT2D eigenvalue weighted by Gasteiger charge is -2.34. The number of benzene rings is 1. The first-order chi connectivity index (χ1) is 16.0. The van der Waals surface area contributed by atoms with Gasteiger partial charge in [0.05, 0.1) is 28.8 Å². The second kappa shape index (κ2) is 9.01. The number of hydrogen-bond acceptors (Lipinski definition) is 6. The first kappa shape index (κ1) is 24.2. The van der Waals surface area contributed by atoms with Crippen molar-refractivity contribution in [3.63, 3.8) is 0 Å². The molecule has 2 aromatic heterocycles. The summed E-state index contributed by atoms with van der Waals surface area (Å²) in [6.07, 6.45) is 0.878. The first-order valence-electron chi connectivity index (χ1n) is 11.1. The van der Waals surface area contributed by atoms with Gasteiger partial charge in [0.2, 0.25) is 5.91 Å². The van der Waals surface area contributed by atoms with Crippen molar-refractivity contribution in [3.8, 4) is 0 Å². The molecule has 1 aromatic carbocycles. The molecule has 0 aliphatic carbocycles. The number of halogens is 1. The molecule has 3 N–H and O–H groups in total. The summed E-state index contributed by atoms with van der Waals surface area (Å²) in [6, 6.07) is 4.57. The van der Waals surface area contributed by atoms with E-state index < -0.39 is 29.0 Å². The van der Waals surface area contributed by atoms with Crippen LogP contribution in [0.2, 0.25) is 5.02 Å². The van der Waals surface area contributed by atoms with Crippen LogP contribution >= 0.6 is 11.6 Å². The van der Waals surface area contributed by atoms with Crippen molar-refractivity contribution in [3.05, 3.63) is 61.6 Å². The maximum Gasteiger partial charge on any atom is 0.328 e. The van der Waals surface area contributed by atoms with Crippen molar-refractivity contribution in [1.29, 1.82) is 0 Å². The third-order valence-corrected chi connectivity index (χ3v) is 6.76. The maximum atomic E-state index is 13.2. The lowest BCUT2D eigenvalue weighted by molar-refractivity contribution is -0.132. The van der Waals surface area contributed by atoms with E-state index in [0.717, 1.165) is 16.9 Å². The highest BCUT2D eigenvalue weighted by molar-refractivity contribution is 6.31. The van der Waals surface area contributed by atoms with Crippen LogP contribution in [0.5, 0.6) is 0 Å². The number of carbonyl (C=O) groups is 1. The Hall–Kier alpha value is -2.95. The van der Waals surface area contributed by atoms with Crippen LogP contribution in [0.25, 0.3) is 11.0 Å². The van der Waals surface area contributed by atoms with E-state index in [9.17, 15) is 24.6 Å². The zero-order valence-corrected chi connectivity index (χ0v) is 20.0. The third-order valence-electron chi connectivity index (χ3n) is 6.52. The van der Waals surface area contributed by atoms with Crippen LogP contribution in [0.3, 0.4) is 0 Å². The number of aromatic amines is 1. The molecule has 0 saturated carbocycles. The molecule has 4 rings (SSSR count). The number of fused-ring (bicyclic) bond motifs is 1. The standard InChI is InChI=1S/C23H28ClN5O5/c1-13-10-29(22(33)26-21(13)32)18-12-28(11-15(30)9-23(18,2)34)20(31)7-6-19-25-16-8-14(24)4-5-17(16)27(19)3/h4-5,8,10,15,18,30,34H,6-7,9,11-12H2,1-3H3,(H,26,32,33)/t15-,18+,23+/m1/s1. The normalized spacial score (nSPS) is 23.3. The fourth-order valence-corrected chi connectivity index (χ4v) is 4.81. The number of rotatable bonds is 4. The monoisotopic (exact) mass is 489 g/mol. The molecule has 1 amide bonds.